The van der Waals surface area contributed by atoms with E-state index in [1.165, 1.54) is 0 Å². The van der Waals surface area contributed by atoms with Gasteiger partial charge in [0.2, 0.25) is 0 Å². The van der Waals surface area contributed by atoms with Crippen molar-refractivity contribution in [2.24, 2.45) is 0 Å². The lowest BCUT2D eigenvalue weighted by Gasteiger charge is -2.06. The van der Waals surface area contributed by atoms with Crippen molar-refractivity contribution in [1.82, 2.24) is 4.98 Å². The number of alkyl halides is 1. The Morgan fingerprint density at radius 2 is 2.29 bits per heavy atom. The second-order valence-corrected chi connectivity index (χ2v) is 3.96. The smallest absolute Gasteiger partial charge is 0.171 e. The van der Waals surface area contributed by atoms with Crippen LogP contribution in [0.5, 0.6) is 5.75 Å². The lowest BCUT2D eigenvalue weighted by molar-refractivity contribution is 0.296. The maximum atomic E-state index is 11.8. The van der Waals surface area contributed by atoms with Gasteiger partial charge in [0.15, 0.2) is 10.9 Å². The molecule has 0 atom stereocenters. The third kappa shape index (κ3) is 3.80. The summed E-state index contributed by atoms with van der Waals surface area (Å²) >= 11 is 9.04. The highest BCUT2D eigenvalue weighted by atomic mass is 79.9. The van der Waals surface area contributed by atoms with Gasteiger partial charge in [-0.1, -0.05) is 11.6 Å². The Hall–Kier alpha value is -0.350. The van der Waals surface area contributed by atoms with Gasteiger partial charge in [-0.3, -0.25) is 4.39 Å². The Morgan fingerprint density at radius 1 is 1.50 bits per heavy atom. The Kier molecular flexibility index (Phi) is 5.19. The number of ether oxygens (including phenoxy) is 1. The molecule has 0 spiro atoms. The van der Waals surface area contributed by atoms with E-state index >= 15 is 0 Å². The van der Waals surface area contributed by atoms with Crippen molar-refractivity contribution in [3.63, 3.8) is 0 Å². The fourth-order valence-corrected chi connectivity index (χ4v) is 1.35. The molecule has 0 aliphatic rings. The maximum absolute atomic E-state index is 11.8. The number of hydrogen-bond acceptors (Lipinski definition) is 2. The average Bonchev–Trinajstić information content (AvgIpc) is 2.18. The van der Waals surface area contributed by atoms with E-state index in [9.17, 15) is 4.39 Å². The summed E-state index contributed by atoms with van der Waals surface area (Å²) in [4.78, 5) is 3.90. The number of hydrogen-bond donors (Lipinski definition) is 0. The summed E-state index contributed by atoms with van der Waals surface area (Å²) in [5.74, 6) is 0.528. The van der Waals surface area contributed by atoms with Gasteiger partial charge in [0.1, 0.15) is 0 Å². The molecule has 14 heavy (non-hydrogen) atoms. The minimum atomic E-state index is -0.312. The van der Waals surface area contributed by atoms with E-state index in [-0.39, 0.29) is 6.67 Å². The molecular formula is C9H10BrClFNO. The second-order valence-electron chi connectivity index (χ2n) is 2.69. The van der Waals surface area contributed by atoms with Gasteiger partial charge >= 0.3 is 0 Å². The molecule has 1 aromatic heterocycles. The molecule has 0 amide bonds. The molecule has 0 aromatic carbocycles. The van der Waals surface area contributed by atoms with Gasteiger partial charge in [0.05, 0.1) is 13.3 Å². The zero-order chi connectivity index (χ0) is 10.4. The van der Waals surface area contributed by atoms with Gasteiger partial charge in [0, 0.05) is 10.7 Å². The predicted octanol–water partition coefficient (Wildman–Crippen LogP) is 3.63. The van der Waals surface area contributed by atoms with Gasteiger partial charge in [-0.05, 0) is 34.8 Å². The van der Waals surface area contributed by atoms with E-state index in [2.05, 4.69) is 20.9 Å². The standard InChI is InChI=1S/C9H10BrClFNO/c10-7-5-8(9(11)13-6-7)14-4-2-1-3-12/h5-6H,1-4H2. The summed E-state index contributed by atoms with van der Waals surface area (Å²) in [6.07, 6.45) is 2.79. The van der Waals surface area contributed by atoms with Crippen LogP contribution >= 0.6 is 27.5 Å². The number of aromatic nitrogens is 1. The van der Waals surface area contributed by atoms with Crippen LogP contribution in [0, 0.1) is 0 Å². The molecule has 0 fully saturated rings. The highest BCUT2D eigenvalue weighted by Crippen LogP contribution is 2.25. The molecule has 0 aliphatic heterocycles. The van der Waals surface area contributed by atoms with Crippen LogP contribution in [-0.2, 0) is 0 Å². The van der Waals surface area contributed by atoms with Crippen molar-refractivity contribution in [3.8, 4) is 5.75 Å². The topological polar surface area (TPSA) is 22.1 Å². The normalized spacial score (nSPS) is 10.2. The first-order chi connectivity index (χ1) is 6.74. The van der Waals surface area contributed by atoms with E-state index in [4.69, 9.17) is 16.3 Å². The van der Waals surface area contributed by atoms with Crippen molar-refractivity contribution in [2.75, 3.05) is 13.3 Å². The molecular weight excluding hydrogens is 272 g/mol. The molecule has 0 N–H and O–H groups in total. The lowest BCUT2D eigenvalue weighted by Crippen LogP contribution is -1.99. The van der Waals surface area contributed by atoms with Crippen LogP contribution in [0.4, 0.5) is 4.39 Å². The largest absolute Gasteiger partial charge is 0.490 e. The Bertz CT molecular complexity index is 298. The number of halogens is 3. The van der Waals surface area contributed by atoms with Gasteiger partial charge in [0.25, 0.3) is 0 Å². The zero-order valence-corrected chi connectivity index (χ0v) is 9.81. The van der Waals surface area contributed by atoms with Crippen LogP contribution in [-0.4, -0.2) is 18.3 Å². The monoisotopic (exact) mass is 281 g/mol. The lowest BCUT2D eigenvalue weighted by atomic mass is 10.3. The first-order valence-corrected chi connectivity index (χ1v) is 5.41. The SMILES string of the molecule is FCCCCOc1cc(Br)cnc1Cl. The van der Waals surface area contributed by atoms with Crippen LogP contribution in [0.15, 0.2) is 16.7 Å². The molecule has 0 bridgehead atoms. The highest BCUT2D eigenvalue weighted by molar-refractivity contribution is 9.10. The first kappa shape index (κ1) is 11.7. The third-order valence-electron chi connectivity index (χ3n) is 1.56. The van der Waals surface area contributed by atoms with E-state index < -0.39 is 0 Å². The summed E-state index contributed by atoms with van der Waals surface area (Å²) in [5, 5.41) is 0.327. The summed E-state index contributed by atoms with van der Waals surface area (Å²) in [5.41, 5.74) is 0. The summed E-state index contributed by atoms with van der Waals surface area (Å²) in [7, 11) is 0. The Balaban J connectivity index is 2.45. The van der Waals surface area contributed by atoms with Crippen molar-refractivity contribution >= 4 is 27.5 Å². The van der Waals surface area contributed by atoms with E-state index in [0.29, 0.717) is 30.4 Å². The van der Waals surface area contributed by atoms with Crippen LogP contribution < -0.4 is 4.74 Å². The van der Waals surface area contributed by atoms with Crippen LogP contribution in [0.25, 0.3) is 0 Å². The molecule has 0 saturated heterocycles. The third-order valence-corrected chi connectivity index (χ3v) is 2.28. The maximum Gasteiger partial charge on any atom is 0.171 e. The molecule has 0 radical (unpaired) electrons. The highest BCUT2D eigenvalue weighted by Gasteiger charge is 2.03. The molecule has 78 valence electrons. The molecule has 1 aromatic rings. The van der Waals surface area contributed by atoms with Crippen LogP contribution in [0.3, 0.4) is 0 Å². The molecule has 0 aliphatic carbocycles. The predicted molar refractivity (Wildman–Crippen MR) is 57.7 cm³/mol. The summed E-state index contributed by atoms with van der Waals surface area (Å²) < 4.78 is 17.9. The number of rotatable bonds is 5. The molecule has 0 unspecified atom stereocenters. The van der Waals surface area contributed by atoms with Gasteiger partial charge in [-0.2, -0.15) is 0 Å². The number of pyridine rings is 1. The quantitative estimate of drug-likeness (QED) is 0.608. The van der Waals surface area contributed by atoms with Crippen molar-refractivity contribution in [1.29, 1.82) is 0 Å². The van der Waals surface area contributed by atoms with Gasteiger partial charge in [-0.15, -0.1) is 0 Å². The van der Waals surface area contributed by atoms with E-state index in [1.54, 1.807) is 12.3 Å². The molecule has 2 nitrogen and oxygen atoms in total. The minimum absolute atomic E-state index is 0.312. The Morgan fingerprint density at radius 3 is 3.00 bits per heavy atom. The molecule has 1 heterocycles. The van der Waals surface area contributed by atoms with E-state index in [1.807, 2.05) is 0 Å². The molecule has 0 saturated carbocycles. The Labute approximate surface area is 95.6 Å². The van der Waals surface area contributed by atoms with E-state index in [0.717, 1.165) is 4.47 Å². The summed E-state index contributed by atoms with van der Waals surface area (Å²) in [6.45, 7) is 0.148. The van der Waals surface area contributed by atoms with Gasteiger partial charge in [-0.25, -0.2) is 4.98 Å². The zero-order valence-electron chi connectivity index (χ0n) is 7.47. The minimum Gasteiger partial charge on any atom is -0.490 e. The van der Waals surface area contributed by atoms with Crippen LogP contribution in [0.2, 0.25) is 5.15 Å². The van der Waals surface area contributed by atoms with Crippen molar-refractivity contribution < 1.29 is 9.13 Å². The second kappa shape index (κ2) is 6.19. The first-order valence-electron chi connectivity index (χ1n) is 4.24. The number of unbranched alkanes of at least 4 members (excludes halogenated alkanes) is 1. The summed E-state index contributed by atoms with van der Waals surface area (Å²) in [6, 6.07) is 1.74. The van der Waals surface area contributed by atoms with Crippen LogP contribution in [0.1, 0.15) is 12.8 Å². The van der Waals surface area contributed by atoms with Crippen molar-refractivity contribution in [2.45, 2.75) is 12.8 Å². The average molecular weight is 283 g/mol. The fourth-order valence-electron chi connectivity index (χ4n) is 0.884. The molecule has 5 heteroatoms. The van der Waals surface area contributed by atoms with Crippen molar-refractivity contribution in [3.05, 3.63) is 21.9 Å². The fraction of sp³-hybridized carbons (Fsp3) is 0.444. The van der Waals surface area contributed by atoms with Gasteiger partial charge < -0.3 is 4.74 Å². The number of nitrogens with zero attached hydrogens (tertiary/aromatic N) is 1. The molecule has 1 rings (SSSR count).